The summed E-state index contributed by atoms with van der Waals surface area (Å²) >= 11 is 0. The first-order chi connectivity index (χ1) is 18.8. The first kappa shape index (κ1) is 29.7. The molecule has 1 heterocycles. The third kappa shape index (κ3) is 6.21. The van der Waals surface area contributed by atoms with Crippen LogP contribution in [0.5, 0.6) is 0 Å². The number of carbonyl (C=O) groups excluding carboxylic acids is 1. The van der Waals surface area contributed by atoms with Crippen molar-refractivity contribution in [3.05, 3.63) is 94.0 Å². The summed E-state index contributed by atoms with van der Waals surface area (Å²) in [6.45, 7) is 18.3. The molecule has 1 aromatic heterocycles. The summed E-state index contributed by atoms with van der Waals surface area (Å²) in [5.74, 6) is -0.873. The number of nitrogens with zero attached hydrogens (tertiary/aromatic N) is 3. The summed E-state index contributed by atoms with van der Waals surface area (Å²) in [5, 5.41) is 8.78. The van der Waals surface area contributed by atoms with Gasteiger partial charge in [0, 0.05) is 13.0 Å². The third-order valence-electron chi connectivity index (χ3n) is 8.64. The van der Waals surface area contributed by atoms with Gasteiger partial charge in [0.2, 0.25) is 0 Å². The van der Waals surface area contributed by atoms with E-state index in [4.69, 9.17) is 9.16 Å². The number of hydrogen-bond acceptors (Lipinski definition) is 5. The second kappa shape index (κ2) is 11.7. The van der Waals surface area contributed by atoms with Crippen molar-refractivity contribution in [2.45, 2.75) is 78.8 Å². The second-order valence-corrected chi connectivity index (χ2v) is 17.3. The Morgan fingerprint density at radius 1 is 1.00 bits per heavy atom. The number of benzene rings is 3. The molecular formula is C33H43N3O3Si. The van der Waals surface area contributed by atoms with Crippen molar-refractivity contribution >= 4 is 25.3 Å². The SMILES string of the molecule is Cc1ccc([C@H](c2ccc3c(nnn3C)c2C)C(C)C(=O)OCc2ccccc2)cc1CO[Si](C)(C)C(C)(C)C. The fraction of sp³-hybridized carbons (Fsp3) is 0.424. The molecule has 4 rings (SSSR count). The minimum absolute atomic E-state index is 0.126. The molecule has 1 unspecified atom stereocenters. The van der Waals surface area contributed by atoms with Crippen LogP contribution < -0.4 is 0 Å². The maximum atomic E-state index is 13.5. The highest BCUT2D eigenvalue weighted by atomic mass is 28.4. The Morgan fingerprint density at radius 2 is 1.70 bits per heavy atom. The number of aryl methyl sites for hydroxylation is 3. The van der Waals surface area contributed by atoms with E-state index in [0.717, 1.165) is 38.9 Å². The molecule has 0 fully saturated rings. The minimum Gasteiger partial charge on any atom is -0.461 e. The predicted octanol–water partition coefficient (Wildman–Crippen LogP) is 7.62. The first-order valence-corrected chi connectivity index (χ1v) is 16.9. The van der Waals surface area contributed by atoms with Crippen LogP contribution in [0, 0.1) is 19.8 Å². The molecule has 7 heteroatoms. The van der Waals surface area contributed by atoms with Crippen molar-refractivity contribution in [1.29, 1.82) is 0 Å². The Morgan fingerprint density at radius 3 is 2.38 bits per heavy atom. The summed E-state index contributed by atoms with van der Waals surface area (Å²) in [6.07, 6.45) is 0. The van der Waals surface area contributed by atoms with Crippen LogP contribution in [0.2, 0.25) is 18.1 Å². The van der Waals surface area contributed by atoms with Gasteiger partial charge in [-0.1, -0.05) is 87.5 Å². The lowest BCUT2D eigenvalue weighted by Gasteiger charge is -2.36. The van der Waals surface area contributed by atoms with E-state index in [1.165, 1.54) is 5.56 Å². The predicted molar refractivity (Wildman–Crippen MR) is 164 cm³/mol. The zero-order valence-electron chi connectivity index (χ0n) is 25.4. The highest BCUT2D eigenvalue weighted by Crippen LogP contribution is 2.39. The van der Waals surface area contributed by atoms with E-state index in [-0.39, 0.29) is 23.5 Å². The lowest BCUT2D eigenvalue weighted by atomic mass is 9.79. The van der Waals surface area contributed by atoms with E-state index in [1.807, 2.05) is 50.4 Å². The van der Waals surface area contributed by atoms with Gasteiger partial charge in [0.1, 0.15) is 12.1 Å². The number of hydrogen-bond donors (Lipinski definition) is 0. The van der Waals surface area contributed by atoms with Crippen LogP contribution in [0.4, 0.5) is 0 Å². The van der Waals surface area contributed by atoms with Crippen molar-refractivity contribution in [3.63, 3.8) is 0 Å². The van der Waals surface area contributed by atoms with E-state index in [2.05, 4.69) is 82.3 Å². The highest BCUT2D eigenvalue weighted by molar-refractivity contribution is 6.74. The van der Waals surface area contributed by atoms with Gasteiger partial charge in [0.05, 0.1) is 18.0 Å². The number of carbonyl (C=O) groups is 1. The van der Waals surface area contributed by atoms with Crippen LogP contribution in [-0.2, 0) is 34.2 Å². The van der Waals surface area contributed by atoms with Crippen molar-refractivity contribution in [3.8, 4) is 0 Å². The summed E-state index contributed by atoms with van der Waals surface area (Å²) in [6, 6.07) is 20.5. The molecule has 0 aliphatic carbocycles. The molecule has 0 aliphatic rings. The highest BCUT2D eigenvalue weighted by Gasteiger charge is 2.37. The number of rotatable bonds is 9. The molecule has 0 radical (unpaired) electrons. The number of aromatic nitrogens is 3. The fourth-order valence-corrected chi connectivity index (χ4v) is 5.78. The molecule has 2 atom stereocenters. The van der Waals surface area contributed by atoms with Crippen LogP contribution in [0.15, 0.2) is 60.7 Å². The van der Waals surface area contributed by atoms with E-state index in [1.54, 1.807) is 4.68 Å². The van der Waals surface area contributed by atoms with E-state index >= 15 is 0 Å². The summed E-state index contributed by atoms with van der Waals surface area (Å²) < 4.78 is 14.2. The van der Waals surface area contributed by atoms with Crippen molar-refractivity contribution in [2.75, 3.05) is 0 Å². The molecule has 0 amide bonds. The third-order valence-corrected chi connectivity index (χ3v) is 13.1. The molecular weight excluding hydrogens is 514 g/mol. The van der Waals surface area contributed by atoms with Gasteiger partial charge in [-0.25, -0.2) is 4.68 Å². The quantitative estimate of drug-likeness (QED) is 0.156. The summed E-state index contributed by atoms with van der Waals surface area (Å²) in [4.78, 5) is 13.5. The first-order valence-electron chi connectivity index (χ1n) is 14.0. The van der Waals surface area contributed by atoms with Crippen LogP contribution >= 0.6 is 0 Å². The molecule has 4 aromatic rings. The zero-order chi connectivity index (χ0) is 29.2. The topological polar surface area (TPSA) is 66.2 Å². The van der Waals surface area contributed by atoms with Crippen LogP contribution in [0.3, 0.4) is 0 Å². The average Bonchev–Trinajstić information content (AvgIpc) is 3.29. The Hall–Kier alpha value is -3.29. The lowest BCUT2D eigenvalue weighted by Crippen LogP contribution is -2.40. The maximum absolute atomic E-state index is 13.5. The molecule has 40 heavy (non-hydrogen) atoms. The van der Waals surface area contributed by atoms with Gasteiger partial charge in [-0.15, -0.1) is 5.10 Å². The van der Waals surface area contributed by atoms with Crippen LogP contribution in [0.25, 0.3) is 11.0 Å². The molecule has 0 bridgehead atoms. The number of esters is 1. The van der Waals surface area contributed by atoms with Gasteiger partial charge >= 0.3 is 5.97 Å². The monoisotopic (exact) mass is 557 g/mol. The largest absolute Gasteiger partial charge is 0.461 e. The molecule has 0 saturated carbocycles. The fourth-order valence-electron chi connectivity index (χ4n) is 4.83. The van der Waals surface area contributed by atoms with E-state index in [9.17, 15) is 4.79 Å². The number of fused-ring (bicyclic) bond motifs is 1. The smallest absolute Gasteiger partial charge is 0.309 e. The molecule has 0 N–H and O–H groups in total. The lowest BCUT2D eigenvalue weighted by molar-refractivity contribution is -0.149. The number of ether oxygens (including phenoxy) is 1. The molecule has 3 aromatic carbocycles. The summed E-state index contributed by atoms with van der Waals surface area (Å²) in [7, 11) is -0.0376. The van der Waals surface area contributed by atoms with E-state index in [0.29, 0.717) is 6.61 Å². The molecule has 0 aliphatic heterocycles. The Labute approximate surface area is 239 Å². The maximum Gasteiger partial charge on any atom is 0.309 e. The van der Waals surface area contributed by atoms with Crippen molar-refractivity contribution in [2.24, 2.45) is 13.0 Å². The molecule has 0 saturated heterocycles. The molecule has 0 spiro atoms. The standard InChI is InChI=1S/C33H43N3O3Si/c1-22-15-16-26(19-27(22)21-39-40(8,9)33(4,5)6)30(24(3)32(37)38-20-25-13-11-10-12-14-25)28-17-18-29-31(23(28)2)34-35-36(29)7/h10-19,24,30H,20-21H2,1-9H3/t24?,30-/m1/s1. The second-order valence-electron chi connectivity index (χ2n) is 12.5. The van der Waals surface area contributed by atoms with Crippen molar-refractivity contribution < 1.29 is 14.0 Å². The van der Waals surface area contributed by atoms with Crippen LogP contribution in [-0.4, -0.2) is 29.3 Å². The molecule has 212 valence electrons. The van der Waals surface area contributed by atoms with Gasteiger partial charge in [-0.3, -0.25) is 4.79 Å². The van der Waals surface area contributed by atoms with Gasteiger partial charge in [-0.2, -0.15) is 0 Å². The Bertz CT molecular complexity index is 1490. The minimum atomic E-state index is -1.93. The Balaban J connectivity index is 1.72. The van der Waals surface area contributed by atoms with Gasteiger partial charge < -0.3 is 9.16 Å². The van der Waals surface area contributed by atoms with Gasteiger partial charge in [0.25, 0.3) is 0 Å². The van der Waals surface area contributed by atoms with Crippen molar-refractivity contribution in [1.82, 2.24) is 15.0 Å². The molecule has 6 nitrogen and oxygen atoms in total. The Kier molecular flexibility index (Phi) is 8.66. The van der Waals surface area contributed by atoms with Crippen LogP contribution in [0.1, 0.15) is 67.0 Å². The zero-order valence-corrected chi connectivity index (χ0v) is 26.4. The normalized spacial score (nSPS) is 13.8. The van der Waals surface area contributed by atoms with Gasteiger partial charge in [0.15, 0.2) is 8.32 Å². The van der Waals surface area contributed by atoms with Gasteiger partial charge in [-0.05, 0) is 71.4 Å². The van der Waals surface area contributed by atoms with E-state index < -0.39 is 14.2 Å². The summed E-state index contributed by atoms with van der Waals surface area (Å²) in [5.41, 5.74) is 8.26. The average molecular weight is 558 g/mol.